The van der Waals surface area contributed by atoms with Gasteiger partial charge in [-0.05, 0) is 18.2 Å². The molecule has 0 bridgehead atoms. The largest absolute Gasteiger partial charge is 0.497 e. The summed E-state index contributed by atoms with van der Waals surface area (Å²) in [6, 6.07) is 5.53. The van der Waals surface area contributed by atoms with Crippen molar-refractivity contribution in [1.82, 2.24) is 0 Å². The molecule has 0 heterocycles. The third-order valence-corrected chi connectivity index (χ3v) is 2.10. The van der Waals surface area contributed by atoms with Crippen LogP contribution in [-0.4, -0.2) is 14.2 Å². The summed E-state index contributed by atoms with van der Waals surface area (Å²) in [6.07, 6.45) is -0.892. The van der Waals surface area contributed by atoms with Crippen LogP contribution < -0.4 is 9.47 Å². The van der Waals surface area contributed by atoms with E-state index in [9.17, 15) is 8.78 Å². The lowest BCUT2D eigenvalue weighted by Gasteiger charge is -2.17. The Morgan fingerprint density at radius 2 is 2.00 bits per heavy atom. The number of nitrogens with zero attached hydrogens (tertiary/aromatic N) is 1. The summed E-state index contributed by atoms with van der Waals surface area (Å²) in [5.41, 5.74) is -0.337. The van der Waals surface area contributed by atoms with Crippen molar-refractivity contribution in [3.63, 3.8) is 0 Å². The van der Waals surface area contributed by atoms with Gasteiger partial charge in [0.15, 0.2) is 0 Å². The van der Waals surface area contributed by atoms with E-state index in [0.29, 0.717) is 5.75 Å². The first-order valence-corrected chi connectivity index (χ1v) is 4.52. The van der Waals surface area contributed by atoms with E-state index in [-0.39, 0.29) is 11.3 Å². The van der Waals surface area contributed by atoms with E-state index in [0.717, 1.165) is 0 Å². The number of rotatable bonds is 4. The van der Waals surface area contributed by atoms with Gasteiger partial charge in [0.2, 0.25) is 0 Å². The fraction of sp³-hybridized carbons (Fsp3) is 0.364. The zero-order valence-electron chi connectivity index (χ0n) is 8.96. The lowest BCUT2D eigenvalue weighted by molar-refractivity contribution is -0.00147. The number of nitriles is 1. The molecule has 0 spiro atoms. The molecule has 0 fully saturated rings. The first-order valence-electron chi connectivity index (χ1n) is 4.52. The highest BCUT2D eigenvalue weighted by Crippen LogP contribution is 2.39. The van der Waals surface area contributed by atoms with Crippen molar-refractivity contribution >= 4 is 0 Å². The van der Waals surface area contributed by atoms with Gasteiger partial charge >= 0.3 is 0 Å². The Balaban J connectivity index is 3.23. The molecule has 0 amide bonds. The summed E-state index contributed by atoms with van der Waals surface area (Å²) in [5, 5.41) is 8.35. The third kappa shape index (κ3) is 2.40. The van der Waals surface area contributed by atoms with Crippen LogP contribution in [0.25, 0.3) is 0 Å². The number of hydrogen-bond donors (Lipinski definition) is 0. The molecule has 0 aromatic heterocycles. The number of hydrogen-bond acceptors (Lipinski definition) is 3. The van der Waals surface area contributed by atoms with Gasteiger partial charge in [-0.15, -0.1) is 0 Å². The summed E-state index contributed by atoms with van der Waals surface area (Å²) in [7, 11) is 2.68. The molecule has 86 valence electrons. The second-order valence-electron chi connectivity index (χ2n) is 3.11. The number of halogens is 2. The van der Waals surface area contributed by atoms with Crippen molar-refractivity contribution < 1.29 is 18.3 Å². The number of ether oxygens (including phenoxy) is 2. The van der Waals surface area contributed by atoms with Crippen LogP contribution in [0.15, 0.2) is 18.2 Å². The van der Waals surface area contributed by atoms with Crippen molar-refractivity contribution in [2.75, 3.05) is 14.2 Å². The molecule has 5 heteroatoms. The summed E-state index contributed by atoms with van der Waals surface area (Å²) < 4.78 is 36.8. The predicted molar refractivity (Wildman–Crippen MR) is 53.7 cm³/mol. The van der Waals surface area contributed by atoms with Gasteiger partial charge in [-0.25, -0.2) is 8.78 Å². The second-order valence-corrected chi connectivity index (χ2v) is 3.11. The Bertz CT molecular complexity index is 413. The molecule has 0 aliphatic heterocycles. The van der Waals surface area contributed by atoms with Gasteiger partial charge in [-0.1, -0.05) is 0 Å². The minimum atomic E-state index is -3.24. The summed E-state index contributed by atoms with van der Waals surface area (Å²) in [4.78, 5) is 0. The van der Waals surface area contributed by atoms with Gasteiger partial charge in [-0.3, -0.25) is 0 Å². The number of alkyl halides is 2. The number of methoxy groups -OCH3 is 2. The first kappa shape index (κ1) is 12.2. The molecule has 0 N–H and O–H groups in total. The second kappa shape index (κ2) is 4.79. The van der Waals surface area contributed by atoms with Crippen LogP contribution in [0.2, 0.25) is 0 Å². The topological polar surface area (TPSA) is 42.2 Å². The van der Waals surface area contributed by atoms with Crippen LogP contribution >= 0.6 is 0 Å². The van der Waals surface area contributed by atoms with Gasteiger partial charge in [0, 0.05) is 0 Å². The minimum Gasteiger partial charge on any atom is -0.497 e. The van der Waals surface area contributed by atoms with Crippen LogP contribution in [0.5, 0.6) is 11.5 Å². The van der Waals surface area contributed by atoms with E-state index >= 15 is 0 Å². The Morgan fingerprint density at radius 1 is 1.31 bits per heavy atom. The Hall–Kier alpha value is -1.83. The zero-order chi connectivity index (χ0) is 12.2. The van der Waals surface area contributed by atoms with Crippen molar-refractivity contribution in [2.45, 2.75) is 12.3 Å². The van der Waals surface area contributed by atoms with Gasteiger partial charge in [-0.2, -0.15) is 5.26 Å². The molecule has 1 aromatic carbocycles. The van der Waals surface area contributed by atoms with Crippen LogP contribution in [-0.2, 0) is 5.92 Å². The maximum absolute atomic E-state index is 13.6. The van der Waals surface area contributed by atoms with E-state index in [2.05, 4.69) is 0 Å². The third-order valence-electron chi connectivity index (χ3n) is 2.10. The highest BCUT2D eigenvalue weighted by molar-refractivity contribution is 5.43. The molecule has 0 saturated heterocycles. The van der Waals surface area contributed by atoms with Crippen LogP contribution in [0.1, 0.15) is 12.0 Å². The summed E-state index contributed by atoms with van der Waals surface area (Å²) in [5.74, 6) is -2.90. The molecule has 0 aliphatic rings. The molecule has 3 nitrogen and oxygen atoms in total. The SMILES string of the molecule is COc1ccc(OC)c(C(F)(F)CC#N)c1. The Morgan fingerprint density at radius 3 is 2.50 bits per heavy atom. The molecule has 1 rings (SSSR count). The lowest BCUT2D eigenvalue weighted by Crippen LogP contribution is -2.14. The zero-order valence-corrected chi connectivity index (χ0v) is 8.96. The lowest BCUT2D eigenvalue weighted by atomic mass is 10.0. The van der Waals surface area contributed by atoms with E-state index in [1.807, 2.05) is 0 Å². The van der Waals surface area contributed by atoms with Crippen molar-refractivity contribution in [2.24, 2.45) is 0 Å². The highest BCUT2D eigenvalue weighted by atomic mass is 19.3. The summed E-state index contributed by atoms with van der Waals surface area (Å²) >= 11 is 0. The van der Waals surface area contributed by atoms with Crippen LogP contribution in [0, 0.1) is 11.3 Å². The fourth-order valence-electron chi connectivity index (χ4n) is 1.29. The number of benzene rings is 1. The smallest absolute Gasteiger partial charge is 0.289 e. The quantitative estimate of drug-likeness (QED) is 0.794. The first-order chi connectivity index (χ1) is 7.55. The normalized spacial score (nSPS) is 10.7. The average Bonchev–Trinajstić information content (AvgIpc) is 2.28. The molecule has 1 aromatic rings. The average molecular weight is 227 g/mol. The Kier molecular flexibility index (Phi) is 3.67. The van der Waals surface area contributed by atoms with E-state index in [4.69, 9.17) is 14.7 Å². The molecule has 16 heavy (non-hydrogen) atoms. The van der Waals surface area contributed by atoms with Gasteiger partial charge < -0.3 is 9.47 Å². The van der Waals surface area contributed by atoms with Gasteiger partial charge in [0.05, 0.1) is 25.9 Å². The molecular formula is C11H11F2NO2. The predicted octanol–water partition coefficient (Wildman–Crippen LogP) is 2.71. The van der Waals surface area contributed by atoms with Gasteiger partial charge in [0.25, 0.3) is 5.92 Å². The van der Waals surface area contributed by atoms with Crippen molar-refractivity contribution in [1.29, 1.82) is 5.26 Å². The van der Waals surface area contributed by atoms with Crippen LogP contribution in [0.3, 0.4) is 0 Å². The van der Waals surface area contributed by atoms with Crippen LogP contribution in [0.4, 0.5) is 8.78 Å². The maximum Gasteiger partial charge on any atom is 0.289 e. The van der Waals surface area contributed by atoms with E-state index in [1.54, 1.807) is 0 Å². The van der Waals surface area contributed by atoms with Gasteiger partial charge in [0.1, 0.15) is 17.9 Å². The molecular weight excluding hydrogens is 216 g/mol. The molecule has 0 unspecified atom stereocenters. The maximum atomic E-state index is 13.6. The van der Waals surface area contributed by atoms with E-state index in [1.165, 1.54) is 38.5 Å². The minimum absolute atomic E-state index is 0.0426. The van der Waals surface area contributed by atoms with E-state index < -0.39 is 12.3 Å². The standard InChI is InChI=1S/C11H11F2NO2/c1-15-8-3-4-10(16-2)9(7-8)11(12,13)5-6-14/h3-4,7H,5H2,1-2H3. The molecule has 0 saturated carbocycles. The molecule has 0 atom stereocenters. The monoisotopic (exact) mass is 227 g/mol. The highest BCUT2D eigenvalue weighted by Gasteiger charge is 2.35. The summed E-state index contributed by atoms with van der Waals surface area (Å²) in [6.45, 7) is 0. The van der Waals surface area contributed by atoms with Crippen molar-refractivity contribution in [3.8, 4) is 17.6 Å². The molecule has 0 radical (unpaired) electrons. The Labute approximate surface area is 92.2 Å². The molecule has 0 aliphatic carbocycles. The van der Waals surface area contributed by atoms with Crippen molar-refractivity contribution in [3.05, 3.63) is 23.8 Å². The fourth-order valence-corrected chi connectivity index (χ4v) is 1.29.